The monoisotopic (exact) mass is 705 g/mol. The van der Waals surface area contributed by atoms with Gasteiger partial charge in [-0.05, 0) is 104 Å². The normalized spacial score (nSPS) is 18.0. The van der Waals surface area contributed by atoms with Crippen LogP contribution < -0.4 is 4.90 Å². The fourth-order valence-electron chi connectivity index (χ4n) is 8.83. The highest BCUT2D eigenvalue weighted by molar-refractivity contribution is 6.07. The molecule has 1 heterocycles. The van der Waals surface area contributed by atoms with Crippen LogP contribution in [0.15, 0.2) is 152 Å². The van der Waals surface area contributed by atoms with Crippen LogP contribution in [-0.4, -0.2) is 36.5 Å². The summed E-state index contributed by atoms with van der Waals surface area (Å²) in [6.07, 6.45) is 8.49. The molecule has 0 bridgehead atoms. The smallest absolute Gasteiger partial charge is 0.134 e. The second kappa shape index (κ2) is 13.5. The lowest BCUT2D eigenvalue weighted by Crippen LogP contribution is -2.36. The molecular formula is C50H43NO3. The number of hydrogen-bond donors (Lipinski definition) is 2. The first-order chi connectivity index (χ1) is 26.4. The first-order valence-electron chi connectivity index (χ1n) is 18.8. The molecule has 266 valence electrons. The summed E-state index contributed by atoms with van der Waals surface area (Å²) in [6.45, 7) is 7.62. The zero-order valence-electron chi connectivity index (χ0n) is 30.7. The van der Waals surface area contributed by atoms with Crippen molar-refractivity contribution in [2.75, 3.05) is 31.2 Å². The highest BCUT2D eigenvalue weighted by Gasteiger charge is 2.41. The standard InChI is InChI=1S/C50H43NO3/c1-34-39-15-8-9-17-43(39)47-44-18-10-11-19-45(44)49(2,28-26-42-41-16-7-6-12-35(41)20-25-46(42)52)48(47)40(34)27-29-50(53,36-13-4-3-5-14-36)37-21-23-38(24-22-37)51-30-32-54-33-31-51/h3-29,52-53H,30-33H2,1-2H3/b28-26-,29-27-. The van der Waals surface area contributed by atoms with Crippen LogP contribution in [0.2, 0.25) is 0 Å². The fourth-order valence-corrected chi connectivity index (χ4v) is 8.83. The fraction of sp³-hybridized carbons (Fsp3) is 0.160. The van der Waals surface area contributed by atoms with Gasteiger partial charge >= 0.3 is 0 Å². The topological polar surface area (TPSA) is 52.9 Å². The van der Waals surface area contributed by atoms with Gasteiger partial charge in [-0.3, -0.25) is 0 Å². The van der Waals surface area contributed by atoms with Gasteiger partial charge in [0, 0.05) is 29.8 Å². The van der Waals surface area contributed by atoms with E-state index in [1.807, 2.05) is 54.6 Å². The Morgan fingerprint density at radius 2 is 1.31 bits per heavy atom. The van der Waals surface area contributed by atoms with Gasteiger partial charge in [-0.1, -0.05) is 140 Å². The minimum Gasteiger partial charge on any atom is -0.507 e. The molecule has 0 amide bonds. The van der Waals surface area contributed by atoms with E-state index < -0.39 is 11.0 Å². The van der Waals surface area contributed by atoms with Crippen LogP contribution in [0, 0.1) is 6.92 Å². The molecule has 1 aliphatic heterocycles. The summed E-state index contributed by atoms with van der Waals surface area (Å²) in [5, 5.41) is 28.5. The maximum atomic E-state index is 12.9. The molecule has 1 saturated heterocycles. The van der Waals surface area contributed by atoms with Crippen LogP contribution in [0.1, 0.15) is 45.9 Å². The summed E-state index contributed by atoms with van der Waals surface area (Å²) < 4.78 is 5.59. The van der Waals surface area contributed by atoms with Gasteiger partial charge in [0.1, 0.15) is 11.4 Å². The second-order valence-corrected chi connectivity index (χ2v) is 14.7. The van der Waals surface area contributed by atoms with E-state index in [0.717, 1.165) is 70.6 Å². The summed E-state index contributed by atoms with van der Waals surface area (Å²) in [4.78, 5) is 2.33. The third-order valence-electron chi connectivity index (χ3n) is 11.7. The maximum absolute atomic E-state index is 12.9. The van der Waals surface area contributed by atoms with Crippen LogP contribution in [0.3, 0.4) is 0 Å². The lowest BCUT2D eigenvalue weighted by molar-refractivity contribution is 0.122. The van der Waals surface area contributed by atoms with E-state index in [-0.39, 0.29) is 5.75 Å². The zero-order valence-corrected chi connectivity index (χ0v) is 30.7. The molecule has 4 heteroatoms. The Kier molecular flexibility index (Phi) is 8.45. The van der Waals surface area contributed by atoms with Crippen LogP contribution >= 0.6 is 0 Å². The zero-order chi connectivity index (χ0) is 36.9. The van der Waals surface area contributed by atoms with E-state index in [2.05, 4.69) is 122 Å². The minimum absolute atomic E-state index is 0.252. The number of phenolic OH excluding ortho intramolecular Hbond substituents is 1. The van der Waals surface area contributed by atoms with Gasteiger partial charge in [0.25, 0.3) is 0 Å². The first kappa shape index (κ1) is 33.9. The Hall–Kier alpha value is -5.94. The Bertz CT molecular complexity index is 2580. The molecule has 2 aliphatic rings. The van der Waals surface area contributed by atoms with E-state index in [1.54, 1.807) is 6.07 Å². The molecule has 0 radical (unpaired) electrons. The molecule has 2 unspecified atom stereocenters. The second-order valence-electron chi connectivity index (χ2n) is 14.7. The number of morpholine rings is 1. The molecule has 1 aliphatic carbocycles. The minimum atomic E-state index is -1.40. The van der Waals surface area contributed by atoms with Crippen molar-refractivity contribution in [1.82, 2.24) is 0 Å². The van der Waals surface area contributed by atoms with Gasteiger partial charge < -0.3 is 19.8 Å². The van der Waals surface area contributed by atoms with Crippen molar-refractivity contribution in [1.29, 1.82) is 0 Å². The lowest BCUT2D eigenvalue weighted by Gasteiger charge is -2.31. The third-order valence-corrected chi connectivity index (χ3v) is 11.7. The highest BCUT2D eigenvalue weighted by atomic mass is 16.5. The molecule has 2 N–H and O–H groups in total. The summed E-state index contributed by atoms with van der Waals surface area (Å²) in [5.41, 5.74) is 8.59. The van der Waals surface area contributed by atoms with Gasteiger partial charge in [0.15, 0.2) is 0 Å². The Balaban J connectivity index is 1.25. The first-order valence-corrected chi connectivity index (χ1v) is 18.8. The van der Waals surface area contributed by atoms with E-state index in [0.29, 0.717) is 0 Å². The maximum Gasteiger partial charge on any atom is 0.134 e. The molecule has 7 aromatic rings. The molecule has 4 nitrogen and oxygen atoms in total. The predicted molar refractivity (Wildman–Crippen MR) is 223 cm³/mol. The van der Waals surface area contributed by atoms with Crippen molar-refractivity contribution in [2.45, 2.75) is 24.9 Å². The molecule has 0 spiro atoms. The number of hydrogen-bond acceptors (Lipinski definition) is 4. The van der Waals surface area contributed by atoms with Gasteiger partial charge in [-0.15, -0.1) is 0 Å². The van der Waals surface area contributed by atoms with Gasteiger partial charge in [0.2, 0.25) is 0 Å². The molecule has 9 rings (SSSR count). The number of nitrogens with zero attached hydrogens (tertiary/aromatic N) is 1. The quantitative estimate of drug-likeness (QED) is 0.173. The summed E-state index contributed by atoms with van der Waals surface area (Å²) in [5.74, 6) is 0.252. The van der Waals surface area contributed by atoms with Gasteiger partial charge in [0.05, 0.1) is 13.2 Å². The number of aromatic hydroxyl groups is 1. The molecule has 54 heavy (non-hydrogen) atoms. The number of allylic oxidation sites excluding steroid dienone is 1. The summed E-state index contributed by atoms with van der Waals surface area (Å²) in [6, 6.07) is 47.6. The Morgan fingerprint density at radius 3 is 2.09 bits per heavy atom. The molecule has 1 fully saturated rings. The predicted octanol–water partition coefficient (Wildman–Crippen LogP) is 10.8. The largest absolute Gasteiger partial charge is 0.507 e. The summed E-state index contributed by atoms with van der Waals surface area (Å²) >= 11 is 0. The average molecular weight is 706 g/mol. The SMILES string of the molecule is Cc1c(/C=C\C(O)(c2ccccc2)c2ccc(N3CCOCC3)cc2)c2c(c3ccccc13)-c1ccccc1C2(C)/C=C\c1c(O)ccc2ccccc12. The third kappa shape index (κ3) is 5.53. The number of benzene rings is 7. The van der Waals surface area contributed by atoms with E-state index in [4.69, 9.17) is 4.74 Å². The number of aliphatic hydroxyl groups is 1. The van der Waals surface area contributed by atoms with Crippen LogP contribution in [0.25, 0.3) is 44.8 Å². The number of phenols is 1. The number of ether oxygens (including phenoxy) is 1. The Morgan fingerprint density at radius 1 is 0.667 bits per heavy atom. The van der Waals surface area contributed by atoms with E-state index >= 15 is 0 Å². The molecule has 2 atom stereocenters. The molecule has 7 aromatic carbocycles. The van der Waals surface area contributed by atoms with Crippen molar-refractivity contribution in [3.05, 3.63) is 191 Å². The van der Waals surface area contributed by atoms with Crippen LogP contribution in [0.4, 0.5) is 5.69 Å². The number of fused-ring (bicyclic) bond motifs is 6. The van der Waals surface area contributed by atoms with E-state index in [9.17, 15) is 10.2 Å². The van der Waals surface area contributed by atoms with Crippen molar-refractivity contribution < 1.29 is 14.9 Å². The summed E-state index contributed by atoms with van der Waals surface area (Å²) in [7, 11) is 0. The number of anilines is 1. The highest BCUT2D eigenvalue weighted by Crippen LogP contribution is 2.55. The van der Waals surface area contributed by atoms with Gasteiger partial charge in [-0.25, -0.2) is 0 Å². The number of aryl methyl sites for hydroxylation is 1. The molecule has 0 aromatic heterocycles. The van der Waals surface area contributed by atoms with Crippen LogP contribution in [0.5, 0.6) is 5.75 Å². The molecular weight excluding hydrogens is 663 g/mol. The van der Waals surface area contributed by atoms with Crippen LogP contribution in [-0.2, 0) is 15.8 Å². The molecule has 0 saturated carbocycles. The van der Waals surface area contributed by atoms with Crippen molar-refractivity contribution in [2.24, 2.45) is 0 Å². The van der Waals surface area contributed by atoms with Crippen molar-refractivity contribution >= 4 is 39.4 Å². The lowest BCUT2D eigenvalue weighted by atomic mass is 9.75. The van der Waals surface area contributed by atoms with Gasteiger partial charge in [-0.2, -0.15) is 0 Å². The Labute approximate surface area is 316 Å². The number of rotatable bonds is 7. The van der Waals surface area contributed by atoms with Crippen molar-refractivity contribution in [3.8, 4) is 16.9 Å². The van der Waals surface area contributed by atoms with Crippen molar-refractivity contribution in [3.63, 3.8) is 0 Å². The van der Waals surface area contributed by atoms with E-state index in [1.165, 1.54) is 33.0 Å². The average Bonchev–Trinajstić information content (AvgIpc) is 3.49.